The summed E-state index contributed by atoms with van der Waals surface area (Å²) in [6, 6.07) is 10.1. The van der Waals surface area contributed by atoms with E-state index >= 15 is 0 Å². The van der Waals surface area contributed by atoms with Gasteiger partial charge >= 0.3 is 103 Å². The fourth-order valence-corrected chi connectivity index (χ4v) is 3.24. The Bertz CT molecular complexity index is 346. The van der Waals surface area contributed by atoms with E-state index in [1.807, 2.05) is 32.0 Å². The van der Waals surface area contributed by atoms with Crippen molar-refractivity contribution in [3.05, 3.63) is 35.9 Å². The molecule has 1 atom stereocenters. The zero-order valence-corrected chi connectivity index (χ0v) is 11.6. The Morgan fingerprint density at radius 2 is 2.06 bits per heavy atom. The zero-order chi connectivity index (χ0) is 11.8. The zero-order valence-electron chi connectivity index (χ0n) is 9.72. The molecule has 0 spiro atoms. The average Bonchev–Trinajstić information content (AvgIpc) is 2.31. The van der Waals surface area contributed by atoms with E-state index < -0.39 is 0 Å². The maximum atomic E-state index is 11.6. The van der Waals surface area contributed by atoms with Crippen LogP contribution in [0.25, 0.3) is 0 Å². The van der Waals surface area contributed by atoms with Crippen LogP contribution >= 0.6 is 0 Å². The Balaban J connectivity index is 2.63. The van der Waals surface area contributed by atoms with Gasteiger partial charge in [-0.15, -0.1) is 0 Å². The first-order valence-corrected chi connectivity index (χ1v) is 7.69. The first-order chi connectivity index (χ1) is 7.77. The van der Waals surface area contributed by atoms with Crippen LogP contribution in [0.1, 0.15) is 25.8 Å². The number of hydrogen-bond acceptors (Lipinski definition) is 2. The van der Waals surface area contributed by atoms with Gasteiger partial charge in [0.2, 0.25) is 0 Å². The van der Waals surface area contributed by atoms with Gasteiger partial charge in [0.25, 0.3) is 0 Å². The predicted molar refractivity (Wildman–Crippen MR) is 68.0 cm³/mol. The molecule has 0 amide bonds. The Labute approximate surface area is 103 Å². The molecule has 2 nitrogen and oxygen atoms in total. The summed E-state index contributed by atoms with van der Waals surface area (Å²) in [6.07, 6.45) is 0.863. The van der Waals surface area contributed by atoms with Gasteiger partial charge in [0, 0.05) is 0 Å². The number of benzene rings is 1. The standard InChI is InChI=1S/C13H17AsO2/c1-3-12(13(15)16-4-2)14-10-11-8-6-5-7-9-11/h5-10,12H,3-4H2,1-2H3. The summed E-state index contributed by atoms with van der Waals surface area (Å²) in [4.78, 5) is 13.8. The van der Waals surface area contributed by atoms with E-state index in [0.717, 1.165) is 6.42 Å². The van der Waals surface area contributed by atoms with Gasteiger partial charge in [0.05, 0.1) is 0 Å². The van der Waals surface area contributed by atoms with E-state index in [1.54, 1.807) is 0 Å². The van der Waals surface area contributed by atoms with Crippen LogP contribution in [-0.4, -0.2) is 32.7 Å². The molecule has 0 aliphatic carbocycles. The molecule has 1 aromatic carbocycles. The van der Waals surface area contributed by atoms with Crippen LogP contribution in [0.5, 0.6) is 0 Å². The number of ether oxygens (including phenoxy) is 1. The fourth-order valence-electron chi connectivity index (χ4n) is 1.29. The summed E-state index contributed by atoms with van der Waals surface area (Å²) in [5, 5.41) is 0. The molecule has 0 bridgehead atoms. The normalized spacial score (nSPS) is 12.6. The van der Waals surface area contributed by atoms with Crippen LogP contribution in [0.4, 0.5) is 0 Å². The first-order valence-electron chi connectivity index (χ1n) is 5.52. The van der Waals surface area contributed by atoms with E-state index in [1.165, 1.54) is 5.56 Å². The molecule has 1 rings (SSSR count). The Morgan fingerprint density at radius 3 is 2.62 bits per heavy atom. The van der Waals surface area contributed by atoms with Crippen molar-refractivity contribution >= 4 is 26.1 Å². The second kappa shape index (κ2) is 7.40. The maximum absolute atomic E-state index is 11.6. The third-order valence-electron chi connectivity index (χ3n) is 2.15. The summed E-state index contributed by atoms with van der Waals surface area (Å²) >= 11 is -0.121. The Hall–Kier alpha value is -0.882. The molecule has 3 heteroatoms. The summed E-state index contributed by atoms with van der Waals surface area (Å²) < 4.78 is 5.13. The van der Waals surface area contributed by atoms with E-state index in [0.29, 0.717) is 6.61 Å². The van der Waals surface area contributed by atoms with Crippen LogP contribution in [0.15, 0.2) is 30.3 Å². The SMILES string of the molecule is CCOC(=O)C(CC)/[As]=C/c1ccccc1. The van der Waals surface area contributed by atoms with Crippen LogP contribution in [0.3, 0.4) is 0 Å². The molecule has 0 radical (unpaired) electrons. The van der Waals surface area contributed by atoms with Crippen LogP contribution in [-0.2, 0) is 9.53 Å². The van der Waals surface area contributed by atoms with Crippen molar-refractivity contribution in [3.8, 4) is 0 Å². The van der Waals surface area contributed by atoms with Gasteiger partial charge in [-0.25, -0.2) is 0 Å². The monoisotopic (exact) mass is 280 g/mol. The molecule has 1 aromatic rings. The van der Waals surface area contributed by atoms with Gasteiger partial charge in [-0.2, -0.15) is 0 Å². The molecule has 1 unspecified atom stereocenters. The van der Waals surface area contributed by atoms with Crippen molar-refractivity contribution in [1.82, 2.24) is 0 Å². The molecule has 0 aromatic heterocycles. The predicted octanol–water partition coefficient (Wildman–Crippen LogP) is 2.30. The minimum absolute atomic E-state index is 0.0443. The molecule has 0 saturated carbocycles. The number of hydrogen-bond donors (Lipinski definition) is 0. The quantitative estimate of drug-likeness (QED) is 0.611. The second-order valence-electron chi connectivity index (χ2n) is 3.36. The van der Waals surface area contributed by atoms with Gasteiger partial charge in [-0.05, 0) is 0 Å². The molecule has 86 valence electrons. The average molecular weight is 280 g/mol. The summed E-state index contributed by atoms with van der Waals surface area (Å²) in [5.74, 6) is -0.0443. The summed E-state index contributed by atoms with van der Waals surface area (Å²) in [7, 11) is 0. The topological polar surface area (TPSA) is 26.3 Å². The Morgan fingerprint density at radius 1 is 1.38 bits per heavy atom. The molecule has 0 aliphatic heterocycles. The summed E-state index contributed by atoms with van der Waals surface area (Å²) in [5.41, 5.74) is 1.20. The van der Waals surface area contributed by atoms with Crippen molar-refractivity contribution in [2.75, 3.05) is 6.61 Å². The molecule has 0 aliphatic rings. The van der Waals surface area contributed by atoms with Gasteiger partial charge < -0.3 is 0 Å². The van der Waals surface area contributed by atoms with Crippen LogP contribution < -0.4 is 0 Å². The van der Waals surface area contributed by atoms with Crippen molar-refractivity contribution in [2.45, 2.75) is 25.0 Å². The molecule has 16 heavy (non-hydrogen) atoms. The van der Waals surface area contributed by atoms with Gasteiger partial charge in [-0.1, -0.05) is 0 Å². The number of carbonyl (C=O) groups excluding carboxylic acids is 1. The van der Waals surface area contributed by atoms with Gasteiger partial charge in [-0.3, -0.25) is 0 Å². The van der Waals surface area contributed by atoms with Gasteiger partial charge in [0.15, 0.2) is 0 Å². The third kappa shape index (κ3) is 4.32. The van der Waals surface area contributed by atoms with Crippen molar-refractivity contribution < 1.29 is 9.53 Å². The Kier molecular flexibility index (Phi) is 6.10. The molecule has 0 saturated heterocycles. The van der Waals surface area contributed by atoms with E-state index in [2.05, 4.69) is 16.9 Å². The van der Waals surface area contributed by atoms with Crippen molar-refractivity contribution in [1.29, 1.82) is 0 Å². The molecule has 0 N–H and O–H groups in total. The van der Waals surface area contributed by atoms with Crippen LogP contribution in [0.2, 0.25) is 4.71 Å². The second-order valence-corrected chi connectivity index (χ2v) is 5.84. The fraction of sp³-hybridized carbons (Fsp3) is 0.385. The first kappa shape index (κ1) is 13.2. The number of carbonyl (C=O) groups is 1. The van der Waals surface area contributed by atoms with Gasteiger partial charge in [0.1, 0.15) is 0 Å². The van der Waals surface area contributed by atoms with E-state index in [4.69, 9.17) is 4.74 Å². The van der Waals surface area contributed by atoms with Crippen LogP contribution in [0, 0.1) is 0 Å². The van der Waals surface area contributed by atoms with E-state index in [9.17, 15) is 4.79 Å². The summed E-state index contributed by atoms with van der Waals surface area (Å²) in [6.45, 7) is 4.36. The van der Waals surface area contributed by atoms with E-state index in [-0.39, 0.29) is 26.0 Å². The molecular weight excluding hydrogens is 263 g/mol. The molecular formula is C13H17AsO2. The number of esters is 1. The van der Waals surface area contributed by atoms with Crippen molar-refractivity contribution in [2.24, 2.45) is 0 Å². The molecule has 0 heterocycles. The number of rotatable bonds is 5. The third-order valence-corrected chi connectivity index (χ3v) is 5.05. The van der Waals surface area contributed by atoms with Crippen molar-refractivity contribution in [3.63, 3.8) is 0 Å². The molecule has 0 fully saturated rings. The minimum atomic E-state index is -0.121.